The van der Waals surface area contributed by atoms with E-state index in [9.17, 15) is 9.59 Å². The average Bonchev–Trinajstić information content (AvgIpc) is 3.10. The Morgan fingerprint density at radius 2 is 2.12 bits per heavy atom. The van der Waals surface area contributed by atoms with E-state index < -0.39 is 0 Å². The summed E-state index contributed by atoms with van der Waals surface area (Å²) >= 11 is 0. The minimum atomic E-state index is -0.227. The molecular weight excluding hydrogens is 218 g/mol. The SMILES string of the molecule is CC.O=Cc1nc2c(C3CC3)c[nH]c(=O)c2[nH]1. The molecular formula is C12H15N3O2. The molecule has 2 aromatic heterocycles. The summed E-state index contributed by atoms with van der Waals surface area (Å²) in [6.45, 7) is 4.00. The van der Waals surface area contributed by atoms with Crippen molar-refractivity contribution >= 4 is 17.3 Å². The van der Waals surface area contributed by atoms with E-state index in [1.165, 1.54) is 0 Å². The maximum Gasteiger partial charge on any atom is 0.273 e. The fourth-order valence-corrected chi connectivity index (χ4v) is 1.81. The number of aromatic nitrogens is 3. The van der Waals surface area contributed by atoms with E-state index in [2.05, 4.69) is 15.0 Å². The summed E-state index contributed by atoms with van der Waals surface area (Å²) in [6.07, 6.45) is 4.59. The fraction of sp³-hybridized carbons (Fsp3) is 0.417. The van der Waals surface area contributed by atoms with Crippen LogP contribution < -0.4 is 5.56 Å². The number of pyridine rings is 1. The van der Waals surface area contributed by atoms with Gasteiger partial charge in [-0.25, -0.2) is 4.98 Å². The molecule has 17 heavy (non-hydrogen) atoms. The predicted molar refractivity (Wildman–Crippen MR) is 65.4 cm³/mol. The molecule has 3 rings (SSSR count). The quantitative estimate of drug-likeness (QED) is 0.778. The predicted octanol–water partition coefficient (Wildman–Crippen LogP) is 1.97. The van der Waals surface area contributed by atoms with Gasteiger partial charge in [-0.2, -0.15) is 0 Å². The standard InChI is InChI=1S/C10H9N3O2.C2H6/c14-4-7-12-8-6(5-1-2-5)3-11-10(15)9(8)13-7;1-2/h3-5H,1-2H2,(H,11,15)(H,12,13);1-2H3. The maximum absolute atomic E-state index is 11.5. The lowest BCUT2D eigenvalue weighted by molar-refractivity contribution is 0.111. The molecule has 0 amide bonds. The van der Waals surface area contributed by atoms with Gasteiger partial charge in [0.05, 0.1) is 5.52 Å². The van der Waals surface area contributed by atoms with Crippen LogP contribution in [0.15, 0.2) is 11.0 Å². The third-order valence-electron chi connectivity index (χ3n) is 2.71. The van der Waals surface area contributed by atoms with Crippen LogP contribution in [0.1, 0.15) is 48.8 Å². The van der Waals surface area contributed by atoms with E-state index in [0.29, 0.717) is 23.2 Å². The molecule has 2 N–H and O–H groups in total. The van der Waals surface area contributed by atoms with Gasteiger partial charge in [-0.3, -0.25) is 9.59 Å². The van der Waals surface area contributed by atoms with Crippen molar-refractivity contribution in [2.75, 3.05) is 0 Å². The highest BCUT2D eigenvalue weighted by atomic mass is 16.1. The Morgan fingerprint density at radius 1 is 1.41 bits per heavy atom. The van der Waals surface area contributed by atoms with Gasteiger partial charge in [0.1, 0.15) is 5.52 Å². The van der Waals surface area contributed by atoms with Gasteiger partial charge < -0.3 is 9.97 Å². The van der Waals surface area contributed by atoms with Gasteiger partial charge >= 0.3 is 0 Å². The smallest absolute Gasteiger partial charge is 0.273 e. The summed E-state index contributed by atoms with van der Waals surface area (Å²) in [7, 11) is 0. The largest absolute Gasteiger partial charge is 0.331 e. The van der Waals surface area contributed by atoms with Gasteiger partial charge in [0.15, 0.2) is 12.1 Å². The lowest BCUT2D eigenvalue weighted by Crippen LogP contribution is -2.06. The monoisotopic (exact) mass is 233 g/mol. The van der Waals surface area contributed by atoms with Crippen molar-refractivity contribution in [2.45, 2.75) is 32.6 Å². The van der Waals surface area contributed by atoms with Crippen LogP contribution in [-0.4, -0.2) is 21.2 Å². The average molecular weight is 233 g/mol. The van der Waals surface area contributed by atoms with Gasteiger partial charge in [-0.1, -0.05) is 13.8 Å². The summed E-state index contributed by atoms with van der Waals surface area (Å²) in [5.74, 6) is 0.704. The van der Waals surface area contributed by atoms with E-state index in [1.54, 1.807) is 6.20 Å². The van der Waals surface area contributed by atoms with Crippen LogP contribution in [0.4, 0.5) is 0 Å². The zero-order chi connectivity index (χ0) is 12.4. The number of aromatic amines is 2. The Bertz CT molecular complexity index is 593. The van der Waals surface area contributed by atoms with E-state index >= 15 is 0 Å². The van der Waals surface area contributed by atoms with Gasteiger partial charge in [0.25, 0.3) is 5.56 Å². The maximum atomic E-state index is 11.5. The van der Waals surface area contributed by atoms with Crippen molar-refractivity contribution in [1.82, 2.24) is 15.0 Å². The van der Waals surface area contributed by atoms with E-state index in [-0.39, 0.29) is 11.4 Å². The highest BCUT2D eigenvalue weighted by molar-refractivity contribution is 5.83. The van der Waals surface area contributed by atoms with E-state index in [0.717, 1.165) is 18.4 Å². The van der Waals surface area contributed by atoms with E-state index in [1.807, 2.05) is 13.8 Å². The fourth-order valence-electron chi connectivity index (χ4n) is 1.81. The summed E-state index contributed by atoms with van der Waals surface area (Å²) < 4.78 is 0. The lowest BCUT2D eigenvalue weighted by Gasteiger charge is -1.96. The Kier molecular flexibility index (Phi) is 3.08. The molecule has 0 saturated heterocycles. The van der Waals surface area contributed by atoms with Gasteiger partial charge in [0.2, 0.25) is 0 Å². The second-order valence-corrected chi connectivity index (χ2v) is 3.81. The molecule has 0 aromatic carbocycles. The third kappa shape index (κ3) is 2.00. The molecule has 0 radical (unpaired) electrons. The second kappa shape index (κ2) is 4.53. The molecule has 5 nitrogen and oxygen atoms in total. The Labute approximate surface area is 98.3 Å². The number of rotatable bonds is 2. The van der Waals surface area contributed by atoms with Gasteiger partial charge in [-0.15, -0.1) is 0 Å². The normalized spacial score (nSPS) is 14.2. The lowest BCUT2D eigenvalue weighted by atomic mass is 10.1. The van der Waals surface area contributed by atoms with Crippen LogP contribution in [0.25, 0.3) is 11.0 Å². The number of nitrogens with one attached hydrogen (secondary N) is 2. The summed E-state index contributed by atoms with van der Waals surface area (Å²) in [4.78, 5) is 31.5. The molecule has 0 spiro atoms. The Balaban J connectivity index is 0.000000514. The zero-order valence-electron chi connectivity index (χ0n) is 9.91. The van der Waals surface area contributed by atoms with Gasteiger partial charge in [-0.05, 0) is 24.3 Å². The van der Waals surface area contributed by atoms with Crippen LogP contribution in [0.2, 0.25) is 0 Å². The number of hydrogen-bond acceptors (Lipinski definition) is 3. The molecule has 2 heterocycles. The molecule has 2 aromatic rings. The first-order chi connectivity index (χ1) is 8.29. The number of fused-ring (bicyclic) bond motifs is 1. The summed E-state index contributed by atoms with van der Waals surface area (Å²) in [5.41, 5.74) is 1.86. The minimum absolute atomic E-state index is 0.212. The number of aldehydes is 1. The highest BCUT2D eigenvalue weighted by Gasteiger charge is 2.27. The van der Waals surface area contributed by atoms with E-state index in [4.69, 9.17) is 0 Å². The first-order valence-electron chi connectivity index (χ1n) is 5.86. The number of imidazole rings is 1. The number of hydrogen-bond donors (Lipinski definition) is 2. The van der Waals surface area contributed by atoms with Crippen molar-refractivity contribution in [3.8, 4) is 0 Å². The molecule has 5 heteroatoms. The molecule has 1 saturated carbocycles. The minimum Gasteiger partial charge on any atom is -0.331 e. The second-order valence-electron chi connectivity index (χ2n) is 3.81. The van der Waals surface area contributed by atoms with Crippen LogP contribution in [0.5, 0.6) is 0 Å². The highest BCUT2D eigenvalue weighted by Crippen LogP contribution is 2.41. The van der Waals surface area contributed by atoms with Crippen molar-refractivity contribution in [2.24, 2.45) is 0 Å². The van der Waals surface area contributed by atoms with Crippen molar-refractivity contribution in [3.63, 3.8) is 0 Å². The molecule has 1 aliphatic rings. The van der Waals surface area contributed by atoms with Crippen molar-refractivity contribution in [1.29, 1.82) is 0 Å². The topological polar surface area (TPSA) is 78.6 Å². The van der Waals surface area contributed by atoms with Crippen LogP contribution in [0.3, 0.4) is 0 Å². The molecule has 90 valence electrons. The van der Waals surface area contributed by atoms with Crippen LogP contribution >= 0.6 is 0 Å². The first kappa shape index (κ1) is 11.6. The molecule has 0 unspecified atom stereocenters. The number of nitrogens with zero attached hydrogens (tertiary/aromatic N) is 1. The number of carbonyl (C=O) groups is 1. The zero-order valence-corrected chi connectivity index (χ0v) is 9.91. The van der Waals surface area contributed by atoms with Crippen molar-refractivity contribution in [3.05, 3.63) is 27.9 Å². The molecule has 0 bridgehead atoms. The Hall–Kier alpha value is -1.91. The molecule has 1 fully saturated rings. The van der Waals surface area contributed by atoms with Gasteiger partial charge in [0, 0.05) is 6.20 Å². The van der Waals surface area contributed by atoms with Crippen LogP contribution in [-0.2, 0) is 0 Å². The molecule has 0 atom stereocenters. The summed E-state index contributed by atoms with van der Waals surface area (Å²) in [5, 5.41) is 0. The van der Waals surface area contributed by atoms with Crippen molar-refractivity contribution < 1.29 is 4.79 Å². The number of carbonyl (C=O) groups excluding carboxylic acids is 1. The Morgan fingerprint density at radius 3 is 2.71 bits per heavy atom. The third-order valence-corrected chi connectivity index (χ3v) is 2.71. The summed E-state index contributed by atoms with van der Waals surface area (Å²) in [6, 6.07) is 0. The first-order valence-corrected chi connectivity index (χ1v) is 5.86. The molecule has 0 aliphatic heterocycles. The van der Waals surface area contributed by atoms with Crippen LogP contribution in [0, 0.1) is 0 Å². The molecule has 1 aliphatic carbocycles. The number of H-pyrrole nitrogens is 2.